The number of hydrogen-bond donors (Lipinski definition) is 2. The lowest BCUT2D eigenvalue weighted by Gasteiger charge is -2.36. The van der Waals surface area contributed by atoms with Gasteiger partial charge in [-0.25, -0.2) is 4.98 Å². The second kappa shape index (κ2) is 6.22. The second-order valence-electron chi connectivity index (χ2n) is 5.81. The summed E-state index contributed by atoms with van der Waals surface area (Å²) in [5, 5.41) is 3.46. The summed E-state index contributed by atoms with van der Waals surface area (Å²) in [6.45, 7) is 5.58. The number of aromatic nitrogens is 2. The predicted octanol–water partition coefficient (Wildman–Crippen LogP) is 3.43. The fraction of sp³-hybridized carbons (Fsp3) is 0.733. The van der Waals surface area contributed by atoms with Gasteiger partial charge in [0.05, 0.1) is 6.04 Å². The molecule has 3 heterocycles. The molecule has 4 nitrogen and oxygen atoms in total. The van der Waals surface area contributed by atoms with Crippen LogP contribution in [-0.4, -0.2) is 34.5 Å². The van der Waals surface area contributed by atoms with Gasteiger partial charge in [-0.1, -0.05) is 13.3 Å². The minimum Gasteiger partial charge on any atom is -0.370 e. The van der Waals surface area contributed by atoms with Crippen LogP contribution in [-0.2, 0) is 6.42 Å². The molecule has 0 spiro atoms. The Hall–Kier alpha value is -0.940. The van der Waals surface area contributed by atoms with Crippen LogP contribution in [0.4, 0.5) is 5.82 Å². The lowest BCUT2D eigenvalue weighted by molar-refractivity contribution is 0.153. The van der Waals surface area contributed by atoms with Gasteiger partial charge in [0.2, 0.25) is 0 Å². The summed E-state index contributed by atoms with van der Waals surface area (Å²) in [6, 6.07) is 0.493. The average molecular weight is 292 g/mol. The van der Waals surface area contributed by atoms with Crippen molar-refractivity contribution in [2.24, 2.45) is 0 Å². The minimum atomic E-state index is 0.493. The molecule has 0 saturated carbocycles. The van der Waals surface area contributed by atoms with Crippen molar-refractivity contribution in [1.82, 2.24) is 14.9 Å². The van der Waals surface area contributed by atoms with Crippen LogP contribution in [0.25, 0.3) is 0 Å². The number of nitrogens with one attached hydrogen (secondary N) is 2. The van der Waals surface area contributed by atoms with E-state index in [1.807, 2.05) is 0 Å². The molecule has 2 aliphatic rings. The maximum Gasteiger partial charge on any atom is 0.199 e. The summed E-state index contributed by atoms with van der Waals surface area (Å²) in [6.07, 6.45) is 7.42. The molecule has 1 aromatic heterocycles. The van der Waals surface area contributed by atoms with E-state index in [0.717, 1.165) is 25.3 Å². The highest BCUT2D eigenvalue weighted by molar-refractivity contribution is 7.71. The zero-order valence-electron chi connectivity index (χ0n) is 12.2. The third kappa shape index (κ3) is 2.74. The second-order valence-corrected chi connectivity index (χ2v) is 6.19. The summed E-state index contributed by atoms with van der Waals surface area (Å²) < 4.78 is 0.620. The molecule has 2 N–H and O–H groups in total. The van der Waals surface area contributed by atoms with Crippen molar-refractivity contribution in [3.05, 3.63) is 16.0 Å². The first-order valence-corrected chi connectivity index (χ1v) is 8.31. The number of nitrogens with zero attached hydrogens (tertiary/aromatic N) is 2. The Bertz CT molecular complexity index is 525. The molecule has 1 fully saturated rings. The standard InChI is InChI=1S/C15H24N4S/c1-2-19-10-6-4-8-12(19)13-11-7-3-5-9-16-14(11)18-15(20)17-13/h12H,2-10H2,1H3,(H2,16,17,18,20). The Morgan fingerprint density at radius 2 is 2.20 bits per heavy atom. The van der Waals surface area contributed by atoms with Crippen LogP contribution in [0.1, 0.15) is 56.3 Å². The smallest absolute Gasteiger partial charge is 0.199 e. The molecule has 0 aliphatic carbocycles. The highest BCUT2D eigenvalue weighted by Crippen LogP contribution is 2.34. The van der Waals surface area contributed by atoms with E-state index in [-0.39, 0.29) is 0 Å². The summed E-state index contributed by atoms with van der Waals surface area (Å²) in [4.78, 5) is 10.5. The highest BCUT2D eigenvalue weighted by Gasteiger charge is 2.27. The molecule has 1 atom stereocenters. The van der Waals surface area contributed by atoms with Crippen LogP contribution < -0.4 is 5.32 Å². The van der Waals surface area contributed by atoms with Crippen LogP contribution in [0, 0.1) is 4.77 Å². The Morgan fingerprint density at radius 1 is 1.30 bits per heavy atom. The molecular formula is C15H24N4S. The largest absolute Gasteiger partial charge is 0.370 e. The first-order valence-electron chi connectivity index (χ1n) is 7.90. The molecule has 0 bridgehead atoms. The maximum absolute atomic E-state index is 5.35. The number of likely N-dealkylation sites (tertiary alicyclic amines) is 1. The fourth-order valence-electron chi connectivity index (χ4n) is 3.53. The summed E-state index contributed by atoms with van der Waals surface area (Å²) in [5.74, 6) is 1.03. The molecule has 0 amide bonds. The van der Waals surface area contributed by atoms with E-state index >= 15 is 0 Å². The summed E-state index contributed by atoms with van der Waals surface area (Å²) in [7, 11) is 0. The zero-order chi connectivity index (χ0) is 13.9. The summed E-state index contributed by atoms with van der Waals surface area (Å²) in [5.41, 5.74) is 2.71. The molecule has 20 heavy (non-hydrogen) atoms. The van der Waals surface area contributed by atoms with E-state index in [4.69, 9.17) is 12.2 Å². The van der Waals surface area contributed by atoms with E-state index in [1.165, 1.54) is 49.9 Å². The van der Waals surface area contributed by atoms with Crippen LogP contribution >= 0.6 is 12.2 Å². The monoisotopic (exact) mass is 292 g/mol. The van der Waals surface area contributed by atoms with E-state index in [9.17, 15) is 0 Å². The molecule has 3 rings (SSSR count). The number of hydrogen-bond acceptors (Lipinski definition) is 4. The molecule has 0 radical (unpaired) electrons. The van der Waals surface area contributed by atoms with Gasteiger partial charge >= 0.3 is 0 Å². The third-order valence-corrected chi connectivity index (χ3v) is 4.76. The lowest BCUT2D eigenvalue weighted by Crippen LogP contribution is -2.34. The van der Waals surface area contributed by atoms with Crippen molar-refractivity contribution in [2.45, 2.75) is 51.5 Å². The van der Waals surface area contributed by atoms with Gasteiger partial charge < -0.3 is 10.3 Å². The van der Waals surface area contributed by atoms with Gasteiger partial charge in [-0.15, -0.1) is 0 Å². The van der Waals surface area contributed by atoms with Gasteiger partial charge in [0.15, 0.2) is 4.77 Å². The van der Waals surface area contributed by atoms with Crippen LogP contribution in [0.2, 0.25) is 0 Å². The first kappa shape index (κ1) is 14.0. The fourth-order valence-corrected chi connectivity index (χ4v) is 3.73. The predicted molar refractivity (Wildman–Crippen MR) is 84.7 cm³/mol. The lowest BCUT2D eigenvalue weighted by atomic mass is 9.94. The molecule has 2 aliphatic heterocycles. The number of fused-ring (bicyclic) bond motifs is 1. The third-order valence-electron chi connectivity index (χ3n) is 4.56. The molecule has 1 unspecified atom stereocenters. The molecular weight excluding hydrogens is 268 g/mol. The Labute approximate surface area is 126 Å². The van der Waals surface area contributed by atoms with Gasteiger partial charge in [0.1, 0.15) is 5.82 Å². The topological polar surface area (TPSA) is 44.0 Å². The maximum atomic E-state index is 5.35. The molecule has 5 heteroatoms. The van der Waals surface area contributed by atoms with Crippen molar-refractivity contribution in [3.8, 4) is 0 Å². The van der Waals surface area contributed by atoms with E-state index < -0.39 is 0 Å². The van der Waals surface area contributed by atoms with Gasteiger partial charge in [-0.3, -0.25) is 4.90 Å². The Balaban J connectivity index is 2.03. The number of anilines is 1. The van der Waals surface area contributed by atoms with Crippen molar-refractivity contribution in [3.63, 3.8) is 0 Å². The molecule has 1 aromatic rings. The normalized spacial score (nSPS) is 23.8. The van der Waals surface area contributed by atoms with Gasteiger partial charge in [-0.05, 0) is 57.4 Å². The SMILES string of the molecule is CCN1CCCCC1c1[nH]c(=S)nc2c1CCCCN2. The highest BCUT2D eigenvalue weighted by atomic mass is 32.1. The van der Waals surface area contributed by atoms with Crippen molar-refractivity contribution < 1.29 is 0 Å². The average Bonchev–Trinajstić information content (AvgIpc) is 2.71. The summed E-state index contributed by atoms with van der Waals surface area (Å²) >= 11 is 5.35. The van der Waals surface area contributed by atoms with Crippen molar-refractivity contribution in [2.75, 3.05) is 25.0 Å². The van der Waals surface area contributed by atoms with Crippen molar-refractivity contribution >= 4 is 18.0 Å². The molecule has 0 aromatic carbocycles. The molecule has 110 valence electrons. The van der Waals surface area contributed by atoms with Gasteiger partial charge in [0, 0.05) is 17.8 Å². The van der Waals surface area contributed by atoms with Crippen LogP contribution in [0.5, 0.6) is 0 Å². The van der Waals surface area contributed by atoms with E-state index in [1.54, 1.807) is 0 Å². The minimum absolute atomic E-state index is 0.493. The number of aromatic amines is 1. The zero-order valence-corrected chi connectivity index (χ0v) is 13.1. The Morgan fingerprint density at radius 3 is 3.05 bits per heavy atom. The van der Waals surface area contributed by atoms with Crippen LogP contribution in [0.15, 0.2) is 0 Å². The number of H-pyrrole nitrogens is 1. The van der Waals surface area contributed by atoms with Gasteiger partial charge in [-0.2, -0.15) is 0 Å². The van der Waals surface area contributed by atoms with Crippen LogP contribution in [0.3, 0.4) is 0 Å². The van der Waals surface area contributed by atoms with Gasteiger partial charge in [0.25, 0.3) is 0 Å². The Kier molecular flexibility index (Phi) is 4.36. The van der Waals surface area contributed by atoms with Crippen molar-refractivity contribution in [1.29, 1.82) is 0 Å². The quantitative estimate of drug-likeness (QED) is 0.820. The number of rotatable bonds is 2. The first-order chi connectivity index (χ1) is 9.79. The molecule has 1 saturated heterocycles. The van der Waals surface area contributed by atoms with E-state index in [0.29, 0.717) is 10.8 Å². The van der Waals surface area contributed by atoms with E-state index in [2.05, 4.69) is 27.1 Å². The number of piperidine rings is 1.